The maximum atomic E-state index is 13.7. The number of halogens is 3. The summed E-state index contributed by atoms with van der Waals surface area (Å²) in [7, 11) is 1.52. The van der Waals surface area contributed by atoms with Crippen molar-refractivity contribution < 1.29 is 22.7 Å². The molecule has 3 heterocycles. The number of carbonyl (C=O) groups is 1. The van der Waals surface area contributed by atoms with E-state index in [1.54, 1.807) is 4.90 Å². The van der Waals surface area contributed by atoms with Crippen LogP contribution in [0.5, 0.6) is 5.88 Å². The first kappa shape index (κ1) is 21.9. The number of hydrogen-bond donors (Lipinski definition) is 0. The predicted molar refractivity (Wildman–Crippen MR) is 114 cm³/mol. The van der Waals surface area contributed by atoms with Crippen LogP contribution in [0.15, 0.2) is 36.4 Å². The highest BCUT2D eigenvalue weighted by Gasteiger charge is 2.36. The van der Waals surface area contributed by atoms with Crippen molar-refractivity contribution in [1.82, 2.24) is 19.7 Å². The minimum absolute atomic E-state index is 0.0587. The fourth-order valence-electron chi connectivity index (χ4n) is 4.02. The molecule has 4 rings (SSSR count). The molecule has 0 bridgehead atoms. The van der Waals surface area contributed by atoms with E-state index in [4.69, 9.17) is 4.74 Å². The van der Waals surface area contributed by atoms with E-state index in [2.05, 4.69) is 15.0 Å². The van der Waals surface area contributed by atoms with E-state index in [0.717, 1.165) is 11.8 Å². The number of anilines is 1. The van der Waals surface area contributed by atoms with Gasteiger partial charge in [0.15, 0.2) is 11.8 Å². The second-order valence-corrected chi connectivity index (χ2v) is 7.82. The zero-order chi connectivity index (χ0) is 23.0. The first-order chi connectivity index (χ1) is 15.1. The fraction of sp³-hybridized carbons (Fsp3) is 0.409. The van der Waals surface area contributed by atoms with Gasteiger partial charge in [-0.15, -0.1) is 0 Å². The molecular weight excluding hydrogens is 423 g/mol. The van der Waals surface area contributed by atoms with Crippen LogP contribution < -0.4 is 9.64 Å². The molecule has 3 aromatic rings. The number of para-hydroxylation sites is 1. The molecule has 1 aromatic carbocycles. The van der Waals surface area contributed by atoms with Crippen LogP contribution in [0.2, 0.25) is 0 Å². The number of piperazine rings is 1. The third kappa shape index (κ3) is 4.21. The number of carbonyl (C=O) groups excluding carboxylic acids is 1. The standard InChI is InChI=1S/C22H24F3N5O2/c1-14-19-17(22(23,24)25)13-18(26-20(19)28(3)27-14)32-15(2)21(31)30-11-9-29(10-12-30)16-7-5-4-6-8-16/h4-8,13,15H,9-12H2,1-3H3. The Morgan fingerprint density at radius 1 is 1.12 bits per heavy atom. The van der Waals surface area contributed by atoms with Crippen molar-refractivity contribution >= 4 is 22.6 Å². The molecule has 1 unspecified atom stereocenters. The molecule has 0 saturated carbocycles. The molecule has 10 heteroatoms. The molecule has 0 radical (unpaired) electrons. The highest BCUT2D eigenvalue weighted by atomic mass is 19.4. The summed E-state index contributed by atoms with van der Waals surface area (Å²) >= 11 is 0. The van der Waals surface area contributed by atoms with Crippen LogP contribution in [0.4, 0.5) is 18.9 Å². The van der Waals surface area contributed by atoms with Crippen molar-refractivity contribution in [2.45, 2.75) is 26.1 Å². The number of hydrogen-bond acceptors (Lipinski definition) is 5. The second kappa shape index (κ2) is 8.33. The highest BCUT2D eigenvalue weighted by Crippen LogP contribution is 2.37. The zero-order valence-corrected chi connectivity index (χ0v) is 18.1. The number of fused-ring (bicyclic) bond motifs is 1. The van der Waals surface area contributed by atoms with Crippen molar-refractivity contribution in [2.24, 2.45) is 7.05 Å². The largest absolute Gasteiger partial charge is 0.464 e. The smallest absolute Gasteiger partial charge is 0.417 e. The molecule has 0 aliphatic carbocycles. The number of rotatable bonds is 4. The lowest BCUT2D eigenvalue weighted by Crippen LogP contribution is -2.52. The van der Waals surface area contributed by atoms with E-state index in [-0.39, 0.29) is 28.5 Å². The Hall–Kier alpha value is -3.30. The first-order valence-electron chi connectivity index (χ1n) is 10.3. The van der Waals surface area contributed by atoms with Crippen LogP contribution in [0.25, 0.3) is 11.0 Å². The Kier molecular flexibility index (Phi) is 5.70. The Morgan fingerprint density at radius 3 is 2.41 bits per heavy atom. The molecule has 1 aliphatic heterocycles. The molecule has 0 spiro atoms. The summed E-state index contributed by atoms with van der Waals surface area (Å²) in [5.41, 5.74) is 0.504. The van der Waals surface area contributed by atoms with Crippen LogP contribution in [-0.4, -0.2) is 57.9 Å². The van der Waals surface area contributed by atoms with Crippen LogP contribution in [-0.2, 0) is 18.0 Å². The second-order valence-electron chi connectivity index (χ2n) is 7.82. The SMILES string of the molecule is Cc1nn(C)c2nc(OC(C)C(=O)N3CCN(c4ccccc4)CC3)cc(C(F)(F)F)c12. The molecule has 32 heavy (non-hydrogen) atoms. The van der Waals surface area contributed by atoms with Gasteiger partial charge in [0.25, 0.3) is 5.91 Å². The summed E-state index contributed by atoms with van der Waals surface area (Å²) in [5, 5.41) is 3.98. The fourth-order valence-corrected chi connectivity index (χ4v) is 4.02. The summed E-state index contributed by atoms with van der Waals surface area (Å²) in [4.78, 5) is 20.9. The third-order valence-corrected chi connectivity index (χ3v) is 5.61. The van der Waals surface area contributed by atoms with Crippen LogP contribution >= 0.6 is 0 Å². The quantitative estimate of drug-likeness (QED) is 0.614. The molecular formula is C22H24F3N5O2. The normalized spacial score (nSPS) is 15.8. The maximum absolute atomic E-state index is 13.7. The summed E-state index contributed by atoms with van der Waals surface area (Å²) in [6.07, 6.45) is -5.58. The topological polar surface area (TPSA) is 63.5 Å². The van der Waals surface area contributed by atoms with Gasteiger partial charge in [0, 0.05) is 45.0 Å². The number of nitrogens with zero attached hydrogens (tertiary/aromatic N) is 5. The number of aromatic nitrogens is 3. The van der Waals surface area contributed by atoms with Gasteiger partial charge >= 0.3 is 6.18 Å². The van der Waals surface area contributed by atoms with Gasteiger partial charge in [-0.05, 0) is 26.0 Å². The summed E-state index contributed by atoms with van der Waals surface area (Å²) < 4.78 is 47.8. The van der Waals surface area contributed by atoms with Crippen molar-refractivity contribution in [3.63, 3.8) is 0 Å². The Labute approximate surface area is 183 Å². The molecule has 7 nitrogen and oxygen atoms in total. The van der Waals surface area contributed by atoms with E-state index >= 15 is 0 Å². The van der Waals surface area contributed by atoms with Gasteiger partial charge in [-0.25, -0.2) is 0 Å². The number of aryl methyl sites for hydroxylation is 2. The Balaban J connectivity index is 1.48. The average Bonchev–Trinajstić information content (AvgIpc) is 3.06. The lowest BCUT2D eigenvalue weighted by Gasteiger charge is -2.37. The zero-order valence-electron chi connectivity index (χ0n) is 18.1. The van der Waals surface area contributed by atoms with Gasteiger partial charge in [-0.3, -0.25) is 9.48 Å². The minimum atomic E-state index is -4.60. The van der Waals surface area contributed by atoms with Gasteiger partial charge < -0.3 is 14.5 Å². The number of amides is 1. The summed E-state index contributed by atoms with van der Waals surface area (Å²) in [5.74, 6) is -0.536. The molecule has 1 aliphatic rings. The van der Waals surface area contributed by atoms with Crippen LogP contribution in [0.1, 0.15) is 18.2 Å². The minimum Gasteiger partial charge on any atom is -0.464 e. The molecule has 2 aromatic heterocycles. The van der Waals surface area contributed by atoms with Gasteiger partial charge in [0.2, 0.25) is 5.88 Å². The molecule has 0 N–H and O–H groups in total. The summed E-state index contributed by atoms with van der Waals surface area (Å²) in [6, 6.07) is 10.8. The lowest BCUT2D eigenvalue weighted by atomic mass is 10.1. The van der Waals surface area contributed by atoms with Crippen molar-refractivity contribution in [2.75, 3.05) is 31.1 Å². The monoisotopic (exact) mass is 447 g/mol. The molecule has 1 saturated heterocycles. The Morgan fingerprint density at radius 2 is 1.78 bits per heavy atom. The Bertz CT molecular complexity index is 1120. The molecule has 1 fully saturated rings. The van der Waals surface area contributed by atoms with Crippen LogP contribution in [0, 0.1) is 6.92 Å². The van der Waals surface area contributed by atoms with E-state index in [0.29, 0.717) is 26.2 Å². The molecule has 170 valence electrons. The van der Waals surface area contributed by atoms with Crippen molar-refractivity contribution in [1.29, 1.82) is 0 Å². The predicted octanol–water partition coefficient (Wildman–Crippen LogP) is 3.41. The first-order valence-corrected chi connectivity index (χ1v) is 10.3. The van der Waals surface area contributed by atoms with Gasteiger partial charge in [-0.2, -0.15) is 23.3 Å². The van der Waals surface area contributed by atoms with Crippen molar-refractivity contribution in [3.8, 4) is 5.88 Å². The third-order valence-electron chi connectivity index (χ3n) is 5.61. The maximum Gasteiger partial charge on any atom is 0.417 e. The number of alkyl halides is 3. The molecule has 1 atom stereocenters. The van der Waals surface area contributed by atoms with E-state index in [1.165, 1.54) is 25.6 Å². The molecule has 1 amide bonds. The number of pyridine rings is 1. The van der Waals surface area contributed by atoms with Crippen LogP contribution in [0.3, 0.4) is 0 Å². The van der Waals surface area contributed by atoms with Gasteiger partial charge in [0.1, 0.15) is 0 Å². The highest BCUT2D eigenvalue weighted by molar-refractivity contribution is 5.84. The lowest BCUT2D eigenvalue weighted by molar-refractivity contribution is -0.138. The van der Waals surface area contributed by atoms with E-state index in [9.17, 15) is 18.0 Å². The van der Waals surface area contributed by atoms with Crippen molar-refractivity contribution in [3.05, 3.63) is 47.7 Å². The average molecular weight is 447 g/mol. The van der Waals surface area contributed by atoms with Gasteiger partial charge in [-0.1, -0.05) is 18.2 Å². The van der Waals surface area contributed by atoms with Gasteiger partial charge in [0.05, 0.1) is 16.6 Å². The number of ether oxygens (including phenoxy) is 1. The van der Waals surface area contributed by atoms with E-state index < -0.39 is 17.8 Å². The number of benzene rings is 1. The summed E-state index contributed by atoms with van der Waals surface area (Å²) in [6.45, 7) is 5.37. The van der Waals surface area contributed by atoms with E-state index in [1.807, 2.05) is 30.3 Å².